The second-order valence-corrected chi connectivity index (χ2v) is 9.67. The number of nitrogens with one attached hydrogen (secondary N) is 1. The summed E-state index contributed by atoms with van der Waals surface area (Å²) in [6, 6.07) is 13.2. The molecule has 0 amide bonds. The molecule has 1 aliphatic carbocycles. The summed E-state index contributed by atoms with van der Waals surface area (Å²) in [7, 11) is 3.19. The molecule has 1 saturated heterocycles. The third kappa shape index (κ3) is 4.32. The van der Waals surface area contributed by atoms with E-state index < -0.39 is 0 Å². The highest BCUT2D eigenvalue weighted by atomic mass is 16.5. The Morgan fingerprint density at radius 1 is 1.09 bits per heavy atom. The van der Waals surface area contributed by atoms with Crippen LogP contribution in [0.3, 0.4) is 0 Å². The van der Waals surface area contributed by atoms with Gasteiger partial charge in [0.1, 0.15) is 5.75 Å². The van der Waals surface area contributed by atoms with Crippen LogP contribution >= 0.6 is 0 Å². The van der Waals surface area contributed by atoms with Gasteiger partial charge in [0.2, 0.25) is 0 Å². The number of piperazine rings is 1. The Hall–Kier alpha value is -2.83. The van der Waals surface area contributed by atoms with Crippen molar-refractivity contribution in [3.8, 4) is 5.75 Å². The maximum Gasteiger partial charge on any atom is 0.337 e. The van der Waals surface area contributed by atoms with E-state index in [1.54, 1.807) is 7.11 Å². The number of carbonyl (C=O) groups is 1. The van der Waals surface area contributed by atoms with Crippen molar-refractivity contribution < 1.29 is 14.3 Å². The van der Waals surface area contributed by atoms with E-state index in [9.17, 15) is 4.79 Å². The summed E-state index contributed by atoms with van der Waals surface area (Å²) >= 11 is 0. The Balaban J connectivity index is 1.48. The zero-order valence-corrected chi connectivity index (χ0v) is 20.5. The average Bonchev–Trinajstić information content (AvgIpc) is 3.58. The number of hydrogen-bond donors (Lipinski definition) is 1. The van der Waals surface area contributed by atoms with Gasteiger partial charge in [-0.05, 0) is 55.2 Å². The molecule has 3 aromatic rings. The second-order valence-electron chi connectivity index (χ2n) is 9.67. The molecule has 1 aliphatic heterocycles. The van der Waals surface area contributed by atoms with Gasteiger partial charge in [0, 0.05) is 60.9 Å². The Kier molecular flexibility index (Phi) is 6.61. The predicted octanol–water partition coefficient (Wildman–Crippen LogP) is 5.07. The summed E-state index contributed by atoms with van der Waals surface area (Å²) in [4.78, 5) is 20.6. The van der Waals surface area contributed by atoms with Crippen LogP contribution in [0.5, 0.6) is 5.75 Å². The van der Waals surface area contributed by atoms with Gasteiger partial charge in [0.25, 0.3) is 0 Å². The van der Waals surface area contributed by atoms with Gasteiger partial charge in [-0.2, -0.15) is 0 Å². The fourth-order valence-corrected chi connectivity index (χ4v) is 5.89. The van der Waals surface area contributed by atoms with Crippen molar-refractivity contribution in [2.75, 3.05) is 33.9 Å². The van der Waals surface area contributed by atoms with E-state index in [0.717, 1.165) is 31.9 Å². The molecule has 1 atom stereocenters. The average molecular weight is 462 g/mol. The van der Waals surface area contributed by atoms with E-state index in [1.807, 2.05) is 18.3 Å². The fourth-order valence-electron chi connectivity index (χ4n) is 5.89. The van der Waals surface area contributed by atoms with Gasteiger partial charge >= 0.3 is 5.97 Å². The second kappa shape index (κ2) is 9.80. The van der Waals surface area contributed by atoms with Gasteiger partial charge in [-0.1, -0.05) is 25.0 Å². The quantitative estimate of drug-likeness (QED) is 0.519. The number of rotatable bonds is 6. The monoisotopic (exact) mass is 461 g/mol. The van der Waals surface area contributed by atoms with Gasteiger partial charge in [-0.3, -0.25) is 9.80 Å². The molecular formula is C28H35N3O3. The molecule has 34 heavy (non-hydrogen) atoms. The van der Waals surface area contributed by atoms with Crippen LogP contribution in [-0.4, -0.2) is 60.6 Å². The Bertz CT molecular complexity index is 1150. The lowest BCUT2D eigenvalue weighted by atomic mass is 9.97. The molecule has 2 heterocycles. The first-order valence-corrected chi connectivity index (χ1v) is 12.4. The van der Waals surface area contributed by atoms with Gasteiger partial charge in [-0.15, -0.1) is 0 Å². The first-order valence-electron chi connectivity index (χ1n) is 12.4. The highest BCUT2D eigenvalue weighted by Gasteiger charge is 2.33. The maximum absolute atomic E-state index is 12.0. The third-order valence-corrected chi connectivity index (χ3v) is 7.77. The molecule has 5 rings (SSSR count). The number of aryl methyl sites for hydroxylation is 1. The molecule has 180 valence electrons. The highest BCUT2D eigenvalue weighted by Crippen LogP contribution is 2.36. The van der Waals surface area contributed by atoms with E-state index in [2.05, 4.69) is 46.0 Å². The number of esters is 1. The lowest BCUT2D eigenvalue weighted by molar-refractivity contribution is 0.0432. The molecule has 1 saturated carbocycles. The summed E-state index contributed by atoms with van der Waals surface area (Å²) < 4.78 is 10.7. The van der Waals surface area contributed by atoms with Crippen LogP contribution in [0.1, 0.15) is 58.8 Å². The van der Waals surface area contributed by atoms with Gasteiger partial charge in [-0.25, -0.2) is 4.79 Å². The van der Waals surface area contributed by atoms with Crippen molar-refractivity contribution in [2.45, 2.75) is 51.2 Å². The molecule has 1 aromatic heterocycles. The van der Waals surface area contributed by atoms with Crippen LogP contribution in [0, 0.1) is 6.92 Å². The fraction of sp³-hybridized carbons (Fsp3) is 0.464. The number of aromatic nitrogens is 1. The van der Waals surface area contributed by atoms with Crippen LogP contribution in [0.15, 0.2) is 42.6 Å². The number of H-pyrrole nitrogens is 1. The van der Waals surface area contributed by atoms with Crippen LogP contribution in [0.2, 0.25) is 0 Å². The van der Waals surface area contributed by atoms with Crippen molar-refractivity contribution >= 4 is 16.9 Å². The number of fused-ring (bicyclic) bond motifs is 1. The smallest absolute Gasteiger partial charge is 0.337 e. The van der Waals surface area contributed by atoms with E-state index in [0.29, 0.717) is 11.6 Å². The first kappa shape index (κ1) is 22.9. The van der Waals surface area contributed by atoms with Crippen LogP contribution in [0.25, 0.3) is 10.9 Å². The highest BCUT2D eigenvalue weighted by molar-refractivity contribution is 5.89. The van der Waals surface area contributed by atoms with Crippen LogP contribution < -0.4 is 4.74 Å². The SMILES string of the molecule is COC(=O)c1ccc(C2CN(C3CCCC3)CCN2Cc2c(OC)cc(C)c3[nH]ccc23)cc1. The molecule has 1 unspecified atom stereocenters. The van der Waals surface area contributed by atoms with Gasteiger partial charge in [0.15, 0.2) is 0 Å². The summed E-state index contributed by atoms with van der Waals surface area (Å²) in [6.45, 7) is 6.04. The van der Waals surface area contributed by atoms with Crippen molar-refractivity contribution in [3.05, 3.63) is 64.8 Å². The maximum atomic E-state index is 12.0. The summed E-state index contributed by atoms with van der Waals surface area (Å²) in [6.07, 6.45) is 7.32. The molecule has 2 fully saturated rings. The van der Waals surface area contributed by atoms with E-state index in [4.69, 9.17) is 9.47 Å². The third-order valence-electron chi connectivity index (χ3n) is 7.77. The molecule has 0 spiro atoms. The van der Waals surface area contributed by atoms with Crippen molar-refractivity contribution in [3.63, 3.8) is 0 Å². The number of benzene rings is 2. The van der Waals surface area contributed by atoms with E-state index in [1.165, 1.54) is 60.4 Å². The van der Waals surface area contributed by atoms with E-state index >= 15 is 0 Å². The minimum Gasteiger partial charge on any atom is -0.496 e. The summed E-state index contributed by atoms with van der Waals surface area (Å²) in [5.41, 5.74) is 5.44. The van der Waals surface area contributed by atoms with Gasteiger partial charge in [0.05, 0.1) is 19.8 Å². The molecule has 6 heteroatoms. The van der Waals surface area contributed by atoms with Crippen molar-refractivity contribution in [1.82, 2.24) is 14.8 Å². The standard InChI is InChI=1S/C28H35N3O3/c1-19-16-26(33-2)24(23-12-13-29-27(19)23)17-31-15-14-30(22-6-4-5-7-22)18-25(31)20-8-10-21(11-9-20)28(32)34-3/h8-13,16,22,25,29H,4-7,14-15,17-18H2,1-3H3. The number of aromatic amines is 1. The Morgan fingerprint density at radius 2 is 1.85 bits per heavy atom. The largest absolute Gasteiger partial charge is 0.496 e. The number of carbonyl (C=O) groups excluding carboxylic acids is 1. The zero-order valence-electron chi connectivity index (χ0n) is 20.5. The molecule has 2 aliphatic rings. The Labute approximate surface area is 201 Å². The minimum atomic E-state index is -0.293. The number of nitrogens with zero attached hydrogens (tertiary/aromatic N) is 2. The normalized spacial score (nSPS) is 20.1. The first-order chi connectivity index (χ1) is 16.6. The predicted molar refractivity (Wildman–Crippen MR) is 134 cm³/mol. The lowest BCUT2D eigenvalue weighted by Gasteiger charge is -2.44. The molecular weight excluding hydrogens is 426 g/mol. The van der Waals surface area contributed by atoms with Gasteiger partial charge < -0.3 is 14.5 Å². The van der Waals surface area contributed by atoms with Crippen molar-refractivity contribution in [1.29, 1.82) is 0 Å². The van der Waals surface area contributed by atoms with Crippen LogP contribution in [0.4, 0.5) is 0 Å². The van der Waals surface area contributed by atoms with Crippen molar-refractivity contribution in [2.24, 2.45) is 0 Å². The number of hydrogen-bond acceptors (Lipinski definition) is 5. The number of methoxy groups -OCH3 is 2. The molecule has 0 bridgehead atoms. The summed E-state index contributed by atoms with van der Waals surface area (Å²) in [5.74, 6) is 0.654. The molecule has 0 radical (unpaired) electrons. The number of ether oxygens (including phenoxy) is 2. The lowest BCUT2D eigenvalue weighted by Crippen LogP contribution is -2.51. The van der Waals surface area contributed by atoms with Crippen LogP contribution in [-0.2, 0) is 11.3 Å². The topological polar surface area (TPSA) is 57.8 Å². The van der Waals surface area contributed by atoms with E-state index in [-0.39, 0.29) is 12.0 Å². The summed E-state index contributed by atoms with van der Waals surface area (Å²) in [5, 5.41) is 1.23. The Morgan fingerprint density at radius 3 is 2.56 bits per heavy atom. The molecule has 6 nitrogen and oxygen atoms in total. The minimum absolute atomic E-state index is 0.251. The molecule has 2 aromatic carbocycles. The molecule has 1 N–H and O–H groups in total. The zero-order chi connectivity index (χ0) is 23.7.